The van der Waals surface area contributed by atoms with Gasteiger partial charge in [0.05, 0.1) is 32.5 Å². The molecule has 2 aromatic rings. The molecule has 8 nitrogen and oxygen atoms in total. The van der Waals surface area contributed by atoms with Gasteiger partial charge in [0.15, 0.2) is 9.84 Å². The van der Waals surface area contributed by atoms with Gasteiger partial charge in [-0.1, -0.05) is 30.1 Å². The maximum atomic E-state index is 14.1. The lowest BCUT2D eigenvalue weighted by Crippen LogP contribution is -2.35. The summed E-state index contributed by atoms with van der Waals surface area (Å²) in [5.41, 5.74) is 3.98. The van der Waals surface area contributed by atoms with Crippen molar-refractivity contribution in [1.29, 1.82) is 0 Å². The van der Waals surface area contributed by atoms with Gasteiger partial charge in [-0.05, 0) is 41.8 Å². The van der Waals surface area contributed by atoms with E-state index in [4.69, 9.17) is 28.9 Å². The number of sulfone groups is 1. The number of benzene rings is 2. The van der Waals surface area contributed by atoms with E-state index in [0.29, 0.717) is 25.6 Å². The monoisotopic (exact) mass is 594 g/mol. The maximum absolute atomic E-state index is 14.1. The summed E-state index contributed by atoms with van der Waals surface area (Å²) >= 11 is 12.3. The van der Waals surface area contributed by atoms with Gasteiger partial charge in [0.1, 0.15) is 0 Å². The zero-order valence-electron chi connectivity index (χ0n) is 20.6. The van der Waals surface area contributed by atoms with Gasteiger partial charge in [0, 0.05) is 44.2 Å². The number of anilines is 1. The largest absolute Gasteiger partial charge is 0.416 e. The molecule has 0 aromatic heterocycles. The second-order valence-corrected chi connectivity index (χ2v) is 12.0. The second kappa shape index (κ2) is 11.7. The average Bonchev–Trinajstić information content (AvgIpc) is 3.25. The molecule has 0 unspecified atom stereocenters. The third-order valence-corrected chi connectivity index (χ3v) is 8.69. The minimum atomic E-state index is -4.84. The van der Waals surface area contributed by atoms with Crippen molar-refractivity contribution in [2.75, 3.05) is 24.6 Å². The highest BCUT2D eigenvalue weighted by atomic mass is 35.5. The second-order valence-electron chi connectivity index (χ2n) is 8.94. The van der Waals surface area contributed by atoms with E-state index in [2.05, 4.69) is 10.6 Å². The molecule has 3 rings (SSSR count). The van der Waals surface area contributed by atoms with E-state index in [-0.39, 0.29) is 57.5 Å². The number of alkyl halides is 3. The van der Waals surface area contributed by atoms with Crippen molar-refractivity contribution in [3.05, 3.63) is 56.6 Å². The van der Waals surface area contributed by atoms with E-state index in [0.717, 1.165) is 0 Å². The van der Waals surface area contributed by atoms with Crippen LogP contribution in [0.2, 0.25) is 10.0 Å². The predicted octanol–water partition coefficient (Wildman–Crippen LogP) is 4.03. The Morgan fingerprint density at radius 2 is 1.89 bits per heavy atom. The fraction of sp³-hybridized carbons (Fsp3) is 0.417. The molecule has 0 aliphatic carbocycles. The molecule has 1 fully saturated rings. The molecular weight excluding hydrogens is 568 g/mol. The van der Waals surface area contributed by atoms with Gasteiger partial charge in [-0.3, -0.25) is 14.5 Å². The molecule has 1 heterocycles. The predicted molar refractivity (Wildman–Crippen MR) is 139 cm³/mol. The molecular formula is C24H27Cl2F3N4O4S. The van der Waals surface area contributed by atoms with E-state index < -0.39 is 38.1 Å². The number of carbonyl (C=O) groups is 2. The minimum Gasteiger partial charge on any atom is -0.397 e. The summed E-state index contributed by atoms with van der Waals surface area (Å²) in [6.07, 6.45) is -4.28. The Morgan fingerprint density at radius 1 is 1.21 bits per heavy atom. The number of nitrogens with two attached hydrogens (primary N) is 1. The van der Waals surface area contributed by atoms with Crippen molar-refractivity contribution in [3.63, 3.8) is 0 Å². The third-order valence-electron chi connectivity index (χ3n) is 6.19. The topological polar surface area (TPSA) is 122 Å². The van der Waals surface area contributed by atoms with Gasteiger partial charge in [0.2, 0.25) is 5.91 Å². The zero-order valence-corrected chi connectivity index (χ0v) is 22.9. The summed E-state index contributed by atoms with van der Waals surface area (Å²) in [7, 11) is -3.66. The number of likely N-dealkylation sites (tertiary alicyclic amines) is 1. The molecule has 1 saturated heterocycles. The Morgan fingerprint density at radius 3 is 2.50 bits per heavy atom. The fourth-order valence-electron chi connectivity index (χ4n) is 4.32. The van der Waals surface area contributed by atoms with Crippen molar-refractivity contribution in [2.45, 2.75) is 50.5 Å². The Balaban J connectivity index is 1.90. The first kappa shape index (κ1) is 30.0. The lowest BCUT2D eigenvalue weighted by Gasteiger charge is -2.23. The van der Waals surface area contributed by atoms with Crippen molar-refractivity contribution in [2.24, 2.45) is 0 Å². The molecule has 2 amide bonds. The lowest BCUT2D eigenvalue weighted by atomic mass is 10.00. The van der Waals surface area contributed by atoms with Gasteiger partial charge in [-0.25, -0.2) is 8.42 Å². The first-order valence-electron chi connectivity index (χ1n) is 11.6. The minimum absolute atomic E-state index is 0.0507. The number of nitrogen functional groups attached to an aromatic ring is 1. The molecule has 4 N–H and O–H groups in total. The van der Waals surface area contributed by atoms with Crippen LogP contribution in [0.25, 0.3) is 0 Å². The van der Waals surface area contributed by atoms with Crippen LogP contribution in [-0.2, 0) is 33.9 Å². The van der Waals surface area contributed by atoms with Crippen LogP contribution in [0.1, 0.15) is 47.3 Å². The van der Waals surface area contributed by atoms with Gasteiger partial charge in [-0.15, -0.1) is 0 Å². The normalized spacial score (nSPS) is 16.4. The molecule has 1 aliphatic heterocycles. The van der Waals surface area contributed by atoms with E-state index in [9.17, 15) is 31.2 Å². The number of carbonyl (C=O) groups excluding carboxylic acids is 2. The van der Waals surface area contributed by atoms with Crippen LogP contribution in [0, 0.1) is 0 Å². The summed E-state index contributed by atoms with van der Waals surface area (Å²) < 4.78 is 67.0. The molecule has 0 radical (unpaired) electrons. The molecule has 2 aromatic carbocycles. The van der Waals surface area contributed by atoms with Gasteiger partial charge < -0.3 is 16.4 Å². The van der Waals surface area contributed by atoms with Crippen LogP contribution >= 0.6 is 23.2 Å². The van der Waals surface area contributed by atoms with Crippen molar-refractivity contribution in [1.82, 2.24) is 15.5 Å². The number of hydrogen-bond donors (Lipinski definition) is 3. The summed E-state index contributed by atoms with van der Waals surface area (Å²) in [5.74, 6) is -1.40. The van der Waals surface area contributed by atoms with Gasteiger partial charge >= 0.3 is 6.18 Å². The van der Waals surface area contributed by atoms with Crippen LogP contribution in [0.5, 0.6) is 0 Å². The van der Waals surface area contributed by atoms with E-state index in [1.165, 1.54) is 32.0 Å². The van der Waals surface area contributed by atoms with Crippen molar-refractivity contribution >= 4 is 50.5 Å². The highest BCUT2D eigenvalue weighted by Crippen LogP contribution is 2.40. The molecule has 14 heteroatoms. The highest BCUT2D eigenvalue weighted by molar-refractivity contribution is 7.91. The number of hydrogen-bond acceptors (Lipinski definition) is 6. The molecule has 38 heavy (non-hydrogen) atoms. The average molecular weight is 595 g/mol. The van der Waals surface area contributed by atoms with Crippen LogP contribution in [0.3, 0.4) is 0 Å². The quantitative estimate of drug-likeness (QED) is 0.397. The summed E-state index contributed by atoms with van der Waals surface area (Å²) in [5, 5.41) is 4.99. The van der Waals surface area contributed by atoms with Crippen LogP contribution < -0.4 is 16.4 Å². The highest BCUT2D eigenvalue weighted by Gasteiger charge is 2.38. The molecule has 208 valence electrons. The molecule has 0 bridgehead atoms. The Kier molecular flexibility index (Phi) is 9.23. The summed E-state index contributed by atoms with van der Waals surface area (Å²) in [6, 6.07) is 4.50. The van der Waals surface area contributed by atoms with Crippen molar-refractivity contribution in [3.8, 4) is 0 Å². The first-order chi connectivity index (χ1) is 17.6. The molecule has 1 aliphatic rings. The number of nitrogens with zero attached hydrogens (tertiary/aromatic N) is 1. The van der Waals surface area contributed by atoms with E-state index >= 15 is 0 Å². The Labute approximate surface area is 228 Å². The fourth-order valence-corrected chi connectivity index (χ4v) is 5.90. The third kappa shape index (κ3) is 6.90. The zero-order chi connectivity index (χ0) is 28.4. The maximum Gasteiger partial charge on any atom is 0.416 e. The van der Waals surface area contributed by atoms with Crippen molar-refractivity contribution < 1.29 is 31.2 Å². The summed E-state index contributed by atoms with van der Waals surface area (Å²) in [6.45, 7) is 3.07. The number of halogens is 5. The standard InChI is InChI=1S/C24H27Cl2F3N4O4S/c1-3-38(36,37)20-5-4-15(25)8-14(20)10-31-23(35)17-9-19(24(27,28)29)18(21(26)22(17)30)12-33-7-6-16(11-33)32-13(2)34/h4-5,8-9,16H,3,6-7,10-12,30H2,1-2H3,(H,31,35)(H,32,34)/t16-/m1/s1. The van der Waals surface area contributed by atoms with Gasteiger partial charge in [0.25, 0.3) is 5.91 Å². The summed E-state index contributed by atoms with van der Waals surface area (Å²) in [4.78, 5) is 25.9. The number of amides is 2. The first-order valence-corrected chi connectivity index (χ1v) is 14.0. The Hall–Kier alpha value is -2.54. The van der Waals surface area contributed by atoms with Crippen LogP contribution in [0.15, 0.2) is 29.2 Å². The SMILES string of the molecule is CCS(=O)(=O)c1ccc(Cl)cc1CNC(=O)c1cc(C(F)(F)F)c(CN2CC[C@@H](NC(C)=O)C2)c(Cl)c1N. The number of nitrogens with one attached hydrogen (secondary N) is 2. The van der Waals surface area contributed by atoms with Crippen LogP contribution in [-0.4, -0.2) is 50.0 Å². The number of rotatable bonds is 8. The Bertz CT molecular complexity index is 1350. The molecule has 1 atom stereocenters. The van der Waals surface area contributed by atoms with E-state index in [1.807, 2.05) is 0 Å². The molecule has 0 spiro atoms. The smallest absolute Gasteiger partial charge is 0.397 e. The lowest BCUT2D eigenvalue weighted by molar-refractivity contribution is -0.138. The van der Waals surface area contributed by atoms with Crippen LogP contribution in [0.4, 0.5) is 18.9 Å². The molecule has 0 saturated carbocycles. The van der Waals surface area contributed by atoms with Gasteiger partial charge in [-0.2, -0.15) is 13.2 Å². The van der Waals surface area contributed by atoms with E-state index in [1.54, 1.807) is 4.90 Å².